The highest BCUT2D eigenvalue weighted by atomic mass is 19.4. The van der Waals surface area contributed by atoms with Gasteiger partial charge in [-0.25, -0.2) is 8.78 Å². The van der Waals surface area contributed by atoms with E-state index in [0.29, 0.717) is 0 Å². The summed E-state index contributed by atoms with van der Waals surface area (Å²) in [5, 5.41) is 0. The Hall–Kier alpha value is -1.31. The summed E-state index contributed by atoms with van der Waals surface area (Å²) in [6, 6.07) is -4.89. The SMILES string of the molecule is O=C(F)C1(F)C(F)(F)C(F)(F)C(F)(F)C(F)(C(F)(F)F)C1(F)F. The van der Waals surface area contributed by atoms with Gasteiger partial charge >= 0.3 is 47.2 Å². The van der Waals surface area contributed by atoms with Crippen LogP contribution in [-0.4, -0.2) is 47.2 Å². The highest BCUT2D eigenvalue weighted by Gasteiger charge is 3.06. The monoisotopic (exact) mass is 378 g/mol. The van der Waals surface area contributed by atoms with E-state index in [9.17, 15) is 66.3 Å². The van der Waals surface area contributed by atoms with Gasteiger partial charge in [0.2, 0.25) is 0 Å². The molecule has 2 atom stereocenters. The van der Waals surface area contributed by atoms with Gasteiger partial charge in [0.25, 0.3) is 0 Å². The molecule has 0 amide bonds. The molecule has 0 bridgehead atoms. The quantitative estimate of drug-likeness (QED) is 0.498. The average Bonchev–Trinajstić information content (AvgIpc) is 2.32. The van der Waals surface area contributed by atoms with Gasteiger partial charge in [-0.3, -0.25) is 4.79 Å². The zero-order valence-corrected chi connectivity index (χ0v) is 9.70. The van der Waals surface area contributed by atoms with Crippen molar-refractivity contribution in [2.75, 3.05) is 0 Å². The number of carbonyl (C=O) groups excluding carboxylic acids is 1. The summed E-state index contributed by atoms with van der Waals surface area (Å²) in [4.78, 5) is 9.95. The first-order valence-corrected chi connectivity index (χ1v) is 4.85. The molecule has 0 aromatic heterocycles. The predicted octanol–water partition coefficient (Wildman–Crippen LogP) is 4.02. The number of rotatable bonds is 1. The molecule has 0 aliphatic heterocycles. The first-order valence-electron chi connectivity index (χ1n) is 4.85. The molecule has 1 aliphatic rings. The van der Waals surface area contributed by atoms with Crippen molar-refractivity contribution in [1.29, 1.82) is 0 Å². The largest absolute Gasteiger partial charge is 0.435 e. The van der Waals surface area contributed by atoms with Gasteiger partial charge in [0.15, 0.2) is 0 Å². The Morgan fingerprint density at radius 3 is 1.22 bits per heavy atom. The van der Waals surface area contributed by atoms with E-state index >= 15 is 0 Å². The molecule has 136 valence electrons. The van der Waals surface area contributed by atoms with Crippen molar-refractivity contribution < 1.29 is 66.3 Å². The van der Waals surface area contributed by atoms with E-state index in [1.807, 2.05) is 0 Å². The molecule has 1 nitrogen and oxygen atoms in total. The Balaban J connectivity index is 4.09. The van der Waals surface area contributed by atoms with Crippen molar-refractivity contribution in [2.45, 2.75) is 41.2 Å². The Labute approximate surface area is 115 Å². The van der Waals surface area contributed by atoms with E-state index < -0.39 is 47.2 Å². The van der Waals surface area contributed by atoms with Gasteiger partial charge in [-0.1, -0.05) is 0 Å². The topological polar surface area (TPSA) is 17.1 Å². The van der Waals surface area contributed by atoms with Gasteiger partial charge in [0, 0.05) is 0 Å². The number of hydrogen-bond donors (Lipinski definition) is 0. The van der Waals surface area contributed by atoms with Crippen molar-refractivity contribution in [3.63, 3.8) is 0 Å². The van der Waals surface area contributed by atoms with Crippen LogP contribution in [0.3, 0.4) is 0 Å². The summed E-state index contributed by atoms with van der Waals surface area (Å²) in [6.07, 6.45) is -7.80. The lowest BCUT2D eigenvalue weighted by Crippen LogP contribution is -2.89. The van der Waals surface area contributed by atoms with Gasteiger partial charge in [-0.05, 0) is 0 Å². The number of alkyl halides is 13. The molecule has 1 aliphatic carbocycles. The molecule has 0 heterocycles. The van der Waals surface area contributed by atoms with Crippen LogP contribution in [0.1, 0.15) is 0 Å². The predicted molar refractivity (Wildman–Crippen MR) is 39.6 cm³/mol. The Morgan fingerprint density at radius 1 is 0.609 bits per heavy atom. The maximum absolute atomic E-state index is 13.3. The van der Waals surface area contributed by atoms with Crippen LogP contribution < -0.4 is 0 Å². The van der Waals surface area contributed by atoms with E-state index in [0.717, 1.165) is 0 Å². The summed E-state index contributed by atoms with van der Waals surface area (Å²) in [5.74, 6) is -31.5. The second-order valence-corrected chi connectivity index (χ2v) is 4.39. The standard InChI is InChI=1S/C8F14O/c9-1(23)2(10)4(12,13)3(11,8(20,21)22)6(16,17)7(18,19)5(2,14)15. The van der Waals surface area contributed by atoms with Crippen molar-refractivity contribution in [3.8, 4) is 0 Å². The maximum atomic E-state index is 13.3. The molecule has 0 spiro atoms. The smallest absolute Gasteiger partial charge is 0.257 e. The van der Waals surface area contributed by atoms with E-state index in [4.69, 9.17) is 0 Å². The maximum Gasteiger partial charge on any atom is 0.435 e. The molecule has 1 rings (SSSR count). The second kappa shape index (κ2) is 4.20. The van der Waals surface area contributed by atoms with Crippen molar-refractivity contribution in [2.24, 2.45) is 0 Å². The fourth-order valence-corrected chi connectivity index (χ4v) is 1.86. The van der Waals surface area contributed by atoms with Gasteiger partial charge in [-0.2, -0.15) is 52.7 Å². The number of hydrogen-bond acceptors (Lipinski definition) is 1. The molecule has 2 unspecified atom stereocenters. The third-order valence-corrected chi connectivity index (χ3v) is 3.18. The average molecular weight is 378 g/mol. The second-order valence-electron chi connectivity index (χ2n) is 4.39. The molecule has 0 saturated heterocycles. The number of carbonyl (C=O) groups is 1. The molecule has 0 N–H and O–H groups in total. The van der Waals surface area contributed by atoms with Crippen LogP contribution in [0.25, 0.3) is 0 Å². The fraction of sp³-hybridized carbons (Fsp3) is 0.875. The van der Waals surface area contributed by atoms with Crippen LogP contribution in [0.15, 0.2) is 0 Å². The van der Waals surface area contributed by atoms with E-state index in [-0.39, 0.29) is 0 Å². The van der Waals surface area contributed by atoms with Crippen LogP contribution in [0.4, 0.5) is 61.5 Å². The van der Waals surface area contributed by atoms with Crippen LogP contribution in [-0.2, 0) is 4.79 Å². The molecule has 15 heteroatoms. The summed E-state index contributed by atoms with van der Waals surface area (Å²) in [5.41, 5.74) is -15.6. The Kier molecular flexibility index (Phi) is 3.61. The van der Waals surface area contributed by atoms with Crippen molar-refractivity contribution >= 4 is 6.04 Å². The summed E-state index contributed by atoms with van der Waals surface area (Å²) >= 11 is 0. The van der Waals surface area contributed by atoms with Crippen molar-refractivity contribution in [1.82, 2.24) is 0 Å². The lowest BCUT2D eigenvalue weighted by atomic mass is 9.66. The Morgan fingerprint density at radius 2 is 0.957 bits per heavy atom. The molecular formula is C8F14O. The van der Waals surface area contributed by atoms with Gasteiger partial charge in [-0.15, -0.1) is 0 Å². The van der Waals surface area contributed by atoms with E-state index in [2.05, 4.69) is 0 Å². The molecular weight excluding hydrogens is 378 g/mol. The highest BCUT2D eigenvalue weighted by Crippen LogP contribution is 2.72. The van der Waals surface area contributed by atoms with E-state index in [1.165, 1.54) is 0 Å². The third-order valence-electron chi connectivity index (χ3n) is 3.18. The van der Waals surface area contributed by atoms with Gasteiger partial charge < -0.3 is 0 Å². The fourth-order valence-electron chi connectivity index (χ4n) is 1.86. The van der Waals surface area contributed by atoms with Crippen LogP contribution in [0.5, 0.6) is 0 Å². The molecule has 1 saturated carbocycles. The molecule has 1 fully saturated rings. The summed E-state index contributed by atoms with van der Waals surface area (Å²) < 4.78 is 179. The third kappa shape index (κ3) is 1.58. The first kappa shape index (κ1) is 19.7. The highest BCUT2D eigenvalue weighted by molar-refractivity contribution is 5.83. The minimum atomic E-state index is -8.02. The zero-order valence-electron chi connectivity index (χ0n) is 9.70. The molecule has 23 heavy (non-hydrogen) atoms. The Bertz CT molecular complexity index is 533. The molecule has 0 aromatic carbocycles. The molecule has 0 radical (unpaired) electrons. The normalized spacial score (nSPS) is 38.2. The van der Waals surface area contributed by atoms with Crippen molar-refractivity contribution in [3.05, 3.63) is 0 Å². The van der Waals surface area contributed by atoms with E-state index in [1.54, 1.807) is 0 Å². The first-order chi connectivity index (χ1) is 9.69. The van der Waals surface area contributed by atoms with Crippen LogP contribution in [0, 0.1) is 0 Å². The minimum absolute atomic E-state index is 4.89. The number of halogens is 14. The van der Waals surface area contributed by atoms with Gasteiger partial charge in [0.05, 0.1) is 0 Å². The summed E-state index contributed by atoms with van der Waals surface area (Å²) in [7, 11) is 0. The molecule has 0 aromatic rings. The lowest BCUT2D eigenvalue weighted by molar-refractivity contribution is -0.489. The minimum Gasteiger partial charge on any atom is -0.257 e. The summed E-state index contributed by atoms with van der Waals surface area (Å²) in [6.45, 7) is 0. The zero-order chi connectivity index (χ0) is 19.1. The van der Waals surface area contributed by atoms with Gasteiger partial charge in [0.1, 0.15) is 0 Å². The van der Waals surface area contributed by atoms with Crippen LogP contribution in [0.2, 0.25) is 0 Å². The van der Waals surface area contributed by atoms with Crippen LogP contribution >= 0.6 is 0 Å². The lowest BCUT2D eigenvalue weighted by Gasteiger charge is -2.53.